The molecule has 40 heavy (non-hydrogen) atoms. The molecule has 4 aromatic rings. The molecule has 0 unspecified atom stereocenters. The smallest absolute Gasteiger partial charge is 0.349 e. The van der Waals surface area contributed by atoms with Crippen molar-refractivity contribution >= 4 is 44.5 Å². The van der Waals surface area contributed by atoms with Crippen LogP contribution in [0.5, 0.6) is 0 Å². The van der Waals surface area contributed by atoms with Crippen LogP contribution in [0.1, 0.15) is 48.4 Å². The average molecular weight is 549 g/mol. The highest BCUT2D eigenvalue weighted by Gasteiger charge is 2.17. The molecule has 0 saturated heterocycles. The van der Waals surface area contributed by atoms with E-state index in [1.54, 1.807) is 24.3 Å². The summed E-state index contributed by atoms with van der Waals surface area (Å²) >= 11 is 0. The van der Waals surface area contributed by atoms with Gasteiger partial charge in [0.1, 0.15) is 22.3 Å². The molecule has 0 aliphatic carbocycles. The van der Waals surface area contributed by atoms with Crippen molar-refractivity contribution in [2.24, 2.45) is 0 Å². The number of hydrogen-bond donors (Lipinski definition) is 2. The molecule has 0 spiro atoms. The van der Waals surface area contributed by atoms with E-state index in [0.29, 0.717) is 53.5 Å². The van der Waals surface area contributed by atoms with Crippen molar-refractivity contribution in [1.29, 1.82) is 0 Å². The van der Waals surface area contributed by atoms with E-state index in [0.717, 1.165) is 31.6 Å². The molecule has 2 aromatic heterocycles. The second-order valence-corrected chi connectivity index (χ2v) is 9.59. The predicted octanol–water partition coefficient (Wildman–Crippen LogP) is 3.20. The summed E-state index contributed by atoms with van der Waals surface area (Å²) in [6, 6.07) is 9.99. The number of fused-ring (bicyclic) bond motifs is 3. The minimum Gasteiger partial charge on any atom is -0.422 e. The molecule has 10 nitrogen and oxygen atoms in total. The first-order valence-corrected chi connectivity index (χ1v) is 13.8. The molecule has 2 heterocycles. The molecule has 0 bridgehead atoms. The quantitative estimate of drug-likeness (QED) is 0.204. The lowest BCUT2D eigenvalue weighted by Crippen LogP contribution is -2.36. The molecule has 0 radical (unpaired) electrons. The predicted molar refractivity (Wildman–Crippen MR) is 156 cm³/mol. The highest BCUT2D eigenvalue weighted by Crippen LogP contribution is 2.27. The van der Waals surface area contributed by atoms with Gasteiger partial charge in [-0.05, 0) is 73.3 Å². The maximum atomic E-state index is 12.7. The number of likely N-dealkylation sites (N-methyl/N-ethyl adjacent to an activating group) is 2. The molecule has 0 aliphatic rings. The van der Waals surface area contributed by atoms with Crippen LogP contribution in [-0.4, -0.2) is 74.0 Å². The zero-order valence-electron chi connectivity index (χ0n) is 23.5. The lowest BCUT2D eigenvalue weighted by atomic mass is 10.0. The average Bonchev–Trinajstić information content (AvgIpc) is 2.94. The number of rotatable bonds is 12. The van der Waals surface area contributed by atoms with Crippen molar-refractivity contribution < 1.29 is 18.4 Å². The second-order valence-electron chi connectivity index (χ2n) is 9.59. The first-order chi connectivity index (χ1) is 19.3. The van der Waals surface area contributed by atoms with Gasteiger partial charge in [0.05, 0.1) is 0 Å². The minimum atomic E-state index is -0.726. The van der Waals surface area contributed by atoms with E-state index in [2.05, 4.69) is 48.1 Å². The van der Waals surface area contributed by atoms with Gasteiger partial charge in [-0.25, -0.2) is 9.59 Å². The van der Waals surface area contributed by atoms with Crippen LogP contribution >= 0.6 is 0 Å². The Morgan fingerprint density at radius 3 is 1.35 bits per heavy atom. The van der Waals surface area contributed by atoms with Crippen LogP contribution in [0.15, 0.2) is 54.8 Å². The summed E-state index contributed by atoms with van der Waals surface area (Å²) < 4.78 is 10.9. The van der Waals surface area contributed by atoms with Crippen molar-refractivity contribution in [3.8, 4) is 0 Å². The fourth-order valence-corrected chi connectivity index (χ4v) is 4.73. The fraction of sp³-hybridized carbons (Fsp3) is 0.400. The Morgan fingerprint density at radius 1 is 0.600 bits per heavy atom. The van der Waals surface area contributed by atoms with Crippen LogP contribution in [0.3, 0.4) is 0 Å². The Hall–Kier alpha value is -4.02. The van der Waals surface area contributed by atoms with Gasteiger partial charge < -0.3 is 29.3 Å². The van der Waals surface area contributed by atoms with Crippen LogP contribution in [0.25, 0.3) is 32.7 Å². The highest BCUT2D eigenvalue weighted by molar-refractivity contribution is 6.05. The zero-order chi connectivity index (χ0) is 28.8. The van der Waals surface area contributed by atoms with Crippen LogP contribution in [-0.2, 0) is 0 Å². The van der Waals surface area contributed by atoms with E-state index in [1.807, 2.05) is 0 Å². The third kappa shape index (κ3) is 6.40. The molecule has 2 N–H and O–H groups in total. The zero-order valence-corrected chi connectivity index (χ0v) is 23.5. The van der Waals surface area contributed by atoms with E-state index in [1.165, 1.54) is 12.1 Å². The summed E-state index contributed by atoms with van der Waals surface area (Å²) in [5.74, 6) is -0.973. The third-order valence-corrected chi connectivity index (χ3v) is 7.25. The Morgan fingerprint density at radius 2 is 0.975 bits per heavy atom. The first kappa shape index (κ1) is 29.0. The minimum absolute atomic E-state index is 0.0677. The maximum Gasteiger partial charge on any atom is 0.349 e. The number of amides is 2. The van der Waals surface area contributed by atoms with Crippen LogP contribution in [0, 0.1) is 0 Å². The molecule has 0 atom stereocenters. The van der Waals surface area contributed by atoms with Gasteiger partial charge in [-0.3, -0.25) is 9.59 Å². The lowest BCUT2D eigenvalue weighted by molar-refractivity contribution is 0.0937. The van der Waals surface area contributed by atoms with Gasteiger partial charge in [0.15, 0.2) is 0 Å². The third-order valence-electron chi connectivity index (χ3n) is 7.25. The molecule has 10 heteroatoms. The van der Waals surface area contributed by atoms with Crippen LogP contribution in [0.2, 0.25) is 0 Å². The molecule has 0 aliphatic heterocycles. The van der Waals surface area contributed by atoms with Gasteiger partial charge in [0.25, 0.3) is 11.8 Å². The molecule has 2 amide bonds. The van der Waals surface area contributed by atoms with Gasteiger partial charge in [-0.1, -0.05) is 27.7 Å². The number of carbonyl (C=O) groups excluding carboxylic acids is 2. The number of benzene rings is 2. The van der Waals surface area contributed by atoms with Crippen molar-refractivity contribution in [3.63, 3.8) is 0 Å². The normalized spacial score (nSPS) is 11.7. The molecular formula is C30H36N4O6. The highest BCUT2D eigenvalue weighted by atomic mass is 16.4. The molecular weight excluding hydrogens is 512 g/mol. The number of nitrogens with one attached hydrogen (secondary N) is 2. The standard InChI is InChI=1S/C30H36N4O6/c1-5-33(6-2)11-9-31-27(35)23-15-21-13-19-14-22-16-24(28(36)32-10-12-34(7-3)8-4)30(38)40-26(22)18-20(19)17-25(21)39-29(23)37/h13-18H,5-12H2,1-4H3,(H,31,35)(H,32,36). The van der Waals surface area contributed by atoms with E-state index in [9.17, 15) is 19.2 Å². The largest absolute Gasteiger partial charge is 0.422 e. The summed E-state index contributed by atoms with van der Waals surface area (Å²) in [5.41, 5.74) is -0.970. The second kappa shape index (κ2) is 12.9. The molecule has 0 saturated carbocycles. The summed E-state index contributed by atoms with van der Waals surface area (Å²) in [5, 5.41) is 8.18. The van der Waals surface area contributed by atoms with Gasteiger partial charge in [0.2, 0.25) is 0 Å². The topological polar surface area (TPSA) is 125 Å². The van der Waals surface area contributed by atoms with Crippen molar-refractivity contribution in [1.82, 2.24) is 20.4 Å². The molecule has 212 valence electrons. The molecule has 0 fully saturated rings. The van der Waals surface area contributed by atoms with E-state index in [-0.39, 0.29) is 11.1 Å². The SMILES string of the molecule is CCN(CC)CCNC(=O)c1cc2cc3cc4cc(C(=O)NCCN(CC)CC)c(=O)oc4cc3cc2oc1=O. The van der Waals surface area contributed by atoms with Crippen molar-refractivity contribution in [2.75, 3.05) is 52.4 Å². The summed E-state index contributed by atoms with van der Waals surface area (Å²) in [6.07, 6.45) is 0. The van der Waals surface area contributed by atoms with E-state index in [4.69, 9.17) is 8.83 Å². The van der Waals surface area contributed by atoms with Gasteiger partial charge in [0, 0.05) is 37.0 Å². The van der Waals surface area contributed by atoms with Gasteiger partial charge in [-0.15, -0.1) is 0 Å². The van der Waals surface area contributed by atoms with Crippen LogP contribution < -0.4 is 21.9 Å². The van der Waals surface area contributed by atoms with Gasteiger partial charge >= 0.3 is 11.3 Å². The van der Waals surface area contributed by atoms with E-state index >= 15 is 0 Å². The van der Waals surface area contributed by atoms with Crippen molar-refractivity contribution in [2.45, 2.75) is 27.7 Å². The number of carbonyl (C=O) groups is 2. The fourth-order valence-electron chi connectivity index (χ4n) is 4.73. The monoisotopic (exact) mass is 548 g/mol. The van der Waals surface area contributed by atoms with E-state index < -0.39 is 23.1 Å². The Bertz CT molecular complexity index is 1530. The Balaban J connectivity index is 1.62. The number of hydrogen-bond acceptors (Lipinski definition) is 8. The Kier molecular flexibility index (Phi) is 9.34. The van der Waals surface area contributed by atoms with Gasteiger partial charge in [-0.2, -0.15) is 0 Å². The maximum absolute atomic E-state index is 12.7. The lowest BCUT2D eigenvalue weighted by Gasteiger charge is -2.17. The molecule has 2 aromatic carbocycles. The summed E-state index contributed by atoms with van der Waals surface area (Å²) in [6.45, 7) is 13.9. The summed E-state index contributed by atoms with van der Waals surface area (Å²) in [7, 11) is 0. The number of nitrogens with zero attached hydrogens (tertiary/aromatic N) is 2. The summed E-state index contributed by atoms with van der Waals surface area (Å²) in [4.78, 5) is 54.9. The van der Waals surface area contributed by atoms with Crippen LogP contribution in [0.4, 0.5) is 0 Å². The Labute approximate surface area is 231 Å². The molecule has 4 rings (SSSR count). The van der Waals surface area contributed by atoms with Crippen molar-refractivity contribution in [3.05, 3.63) is 68.4 Å². The first-order valence-electron chi connectivity index (χ1n) is 13.8.